The van der Waals surface area contributed by atoms with Crippen molar-refractivity contribution in [1.82, 2.24) is 0 Å². The molecule has 0 unspecified atom stereocenters. The molecule has 2 aromatic carbocycles. The lowest BCUT2D eigenvalue weighted by atomic mass is 10.1. The number of carbonyl (C=O) groups excluding carboxylic acids is 1. The van der Waals surface area contributed by atoms with Crippen molar-refractivity contribution >= 4 is 28.3 Å². The minimum Gasteiger partial charge on any atom is -0.465 e. The molecule has 0 heterocycles. The van der Waals surface area contributed by atoms with E-state index in [1.165, 1.54) is 25.3 Å². The van der Waals surface area contributed by atoms with Crippen LogP contribution in [-0.4, -0.2) is 13.1 Å². The second kappa shape index (κ2) is 4.10. The smallest absolute Gasteiger partial charge is 0.337 e. The highest BCUT2D eigenvalue weighted by atomic mass is 35.5. The Kier molecular flexibility index (Phi) is 2.79. The molecule has 0 amide bonds. The van der Waals surface area contributed by atoms with Gasteiger partial charge in [-0.3, -0.25) is 0 Å². The Hall–Kier alpha value is -1.61. The SMILES string of the molecule is COC(=O)c1cc(Cl)c2cc(F)ccc2c1. The summed E-state index contributed by atoms with van der Waals surface area (Å²) in [5, 5.41) is 1.61. The van der Waals surface area contributed by atoms with Gasteiger partial charge in [0, 0.05) is 10.4 Å². The summed E-state index contributed by atoms with van der Waals surface area (Å²) >= 11 is 5.96. The molecule has 82 valence electrons. The maximum atomic E-state index is 13.0. The second-order valence-corrected chi connectivity index (χ2v) is 3.72. The quantitative estimate of drug-likeness (QED) is 0.712. The predicted octanol–water partition coefficient (Wildman–Crippen LogP) is 3.42. The van der Waals surface area contributed by atoms with Crippen LogP contribution in [0.5, 0.6) is 0 Å². The summed E-state index contributed by atoms with van der Waals surface area (Å²) in [6.07, 6.45) is 0. The summed E-state index contributed by atoms with van der Waals surface area (Å²) < 4.78 is 17.6. The van der Waals surface area contributed by atoms with Gasteiger partial charge in [0.2, 0.25) is 0 Å². The van der Waals surface area contributed by atoms with Crippen molar-refractivity contribution in [2.24, 2.45) is 0 Å². The minimum atomic E-state index is -0.465. The van der Waals surface area contributed by atoms with Crippen LogP contribution < -0.4 is 0 Å². The van der Waals surface area contributed by atoms with Crippen molar-refractivity contribution in [3.8, 4) is 0 Å². The molecule has 0 saturated heterocycles. The fourth-order valence-electron chi connectivity index (χ4n) is 1.52. The molecule has 4 heteroatoms. The van der Waals surface area contributed by atoms with Crippen LogP contribution >= 0.6 is 11.6 Å². The molecular formula is C12H8ClFO2. The van der Waals surface area contributed by atoms with Crippen molar-refractivity contribution < 1.29 is 13.9 Å². The topological polar surface area (TPSA) is 26.3 Å². The van der Waals surface area contributed by atoms with Gasteiger partial charge in [-0.15, -0.1) is 0 Å². The first-order valence-electron chi connectivity index (χ1n) is 4.59. The van der Waals surface area contributed by atoms with Gasteiger partial charge in [0.15, 0.2) is 0 Å². The maximum Gasteiger partial charge on any atom is 0.337 e. The fraction of sp³-hybridized carbons (Fsp3) is 0.0833. The van der Waals surface area contributed by atoms with E-state index < -0.39 is 5.97 Å². The number of rotatable bonds is 1. The maximum absolute atomic E-state index is 13.0. The number of esters is 1. The van der Waals surface area contributed by atoms with E-state index in [1.54, 1.807) is 12.1 Å². The summed E-state index contributed by atoms with van der Waals surface area (Å²) in [4.78, 5) is 11.3. The molecule has 0 saturated carbocycles. The molecule has 0 radical (unpaired) electrons. The van der Waals surface area contributed by atoms with E-state index in [4.69, 9.17) is 11.6 Å². The van der Waals surface area contributed by atoms with Gasteiger partial charge in [-0.1, -0.05) is 17.7 Å². The molecule has 2 aromatic rings. The van der Waals surface area contributed by atoms with Crippen LogP contribution in [0.15, 0.2) is 30.3 Å². The summed E-state index contributed by atoms with van der Waals surface area (Å²) in [6, 6.07) is 7.31. The Labute approximate surface area is 96.6 Å². The van der Waals surface area contributed by atoms with Crippen LogP contribution in [0, 0.1) is 5.82 Å². The molecular weight excluding hydrogens is 231 g/mol. The zero-order valence-electron chi connectivity index (χ0n) is 8.46. The molecule has 2 nitrogen and oxygen atoms in total. The van der Waals surface area contributed by atoms with Gasteiger partial charge in [-0.2, -0.15) is 0 Å². The van der Waals surface area contributed by atoms with Crippen LogP contribution in [0.25, 0.3) is 10.8 Å². The summed E-state index contributed by atoms with van der Waals surface area (Å²) in [5.41, 5.74) is 0.353. The highest BCUT2D eigenvalue weighted by Gasteiger charge is 2.09. The number of halogens is 2. The van der Waals surface area contributed by atoms with Crippen molar-refractivity contribution in [2.75, 3.05) is 7.11 Å². The number of benzene rings is 2. The third-order valence-corrected chi connectivity index (χ3v) is 2.60. The minimum absolute atomic E-state index is 0.331. The van der Waals surface area contributed by atoms with Crippen molar-refractivity contribution in [2.45, 2.75) is 0 Å². The van der Waals surface area contributed by atoms with Gasteiger partial charge in [0.1, 0.15) is 5.82 Å². The lowest BCUT2D eigenvalue weighted by Gasteiger charge is -2.04. The van der Waals surface area contributed by atoms with Gasteiger partial charge < -0.3 is 4.74 Å². The van der Waals surface area contributed by atoms with Crippen molar-refractivity contribution in [3.05, 3.63) is 46.7 Å². The molecule has 0 aliphatic rings. The number of hydrogen-bond donors (Lipinski definition) is 0. The number of fused-ring (bicyclic) bond motifs is 1. The normalized spacial score (nSPS) is 10.4. The first kappa shape index (κ1) is 10.9. The average Bonchev–Trinajstić information content (AvgIpc) is 2.28. The monoisotopic (exact) mass is 238 g/mol. The highest BCUT2D eigenvalue weighted by molar-refractivity contribution is 6.36. The molecule has 0 aromatic heterocycles. The molecule has 0 N–H and O–H groups in total. The summed E-state index contributed by atoms with van der Waals surface area (Å²) in [5.74, 6) is -0.826. The number of carbonyl (C=O) groups is 1. The van der Waals surface area contributed by atoms with Gasteiger partial charge in [0.25, 0.3) is 0 Å². The molecule has 0 bridgehead atoms. The molecule has 2 rings (SSSR count). The molecule has 0 spiro atoms. The van der Waals surface area contributed by atoms with Crippen LogP contribution in [0.2, 0.25) is 5.02 Å². The standard InChI is InChI=1S/C12H8ClFO2/c1-16-12(15)8-4-7-2-3-9(14)6-10(7)11(13)5-8/h2-6H,1H3. The Morgan fingerprint density at radius 1 is 1.31 bits per heavy atom. The van der Waals surface area contributed by atoms with Gasteiger partial charge in [-0.05, 0) is 29.7 Å². The zero-order chi connectivity index (χ0) is 11.7. The van der Waals surface area contributed by atoms with E-state index >= 15 is 0 Å². The van der Waals surface area contributed by atoms with E-state index in [0.29, 0.717) is 21.4 Å². The molecule has 0 aliphatic heterocycles. The van der Waals surface area contributed by atoms with E-state index in [0.717, 1.165) is 0 Å². The first-order valence-corrected chi connectivity index (χ1v) is 4.97. The van der Waals surface area contributed by atoms with Crippen LogP contribution in [-0.2, 0) is 4.74 Å². The number of methoxy groups -OCH3 is 1. The van der Waals surface area contributed by atoms with Crippen molar-refractivity contribution in [3.63, 3.8) is 0 Å². The van der Waals surface area contributed by atoms with Crippen molar-refractivity contribution in [1.29, 1.82) is 0 Å². The Balaban J connectivity index is 2.68. The molecule has 0 atom stereocenters. The third-order valence-electron chi connectivity index (χ3n) is 2.29. The average molecular weight is 239 g/mol. The lowest BCUT2D eigenvalue weighted by molar-refractivity contribution is 0.0601. The Morgan fingerprint density at radius 3 is 2.75 bits per heavy atom. The van der Waals surface area contributed by atoms with Gasteiger partial charge >= 0.3 is 5.97 Å². The van der Waals surface area contributed by atoms with Crippen LogP contribution in [0.3, 0.4) is 0 Å². The Morgan fingerprint density at radius 2 is 2.06 bits per heavy atom. The molecule has 0 fully saturated rings. The summed E-state index contributed by atoms with van der Waals surface area (Å²) in [6.45, 7) is 0. The largest absolute Gasteiger partial charge is 0.465 e. The van der Waals surface area contributed by atoms with E-state index in [1.807, 2.05) is 0 Å². The van der Waals surface area contributed by atoms with Gasteiger partial charge in [-0.25, -0.2) is 9.18 Å². The molecule has 16 heavy (non-hydrogen) atoms. The Bertz CT molecular complexity index is 566. The highest BCUT2D eigenvalue weighted by Crippen LogP contribution is 2.26. The van der Waals surface area contributed by atoms with Crippen LogP contribution in [0.1, 0.15) is 10.4 Å². The number of hydrogen-bond acceptors (Lipinski definition) is 2. The third kappa shape index (κ3) is 1.86. The number of ether oxygens (including phenoxy) is 1. The van der Waals surface area contributed by atoms with E-state index in [-0.39, 0.29) is 5.82 Å². The summed E-state index contributed by atoms with van der Waals surface area (Å²) in [7, 11) is 1.30. The van der Waals surface area contributed by atoms with Crippen LogP contribution in [0.4, 0.5) is 4.39 Å². The van der Waals surface area contributed by atoms with E-state index in [2.05, 4.69) is 4.74 Å². The first-order chi connectivity index (χ1) is 7.61. The molecule has 0 aliphatic carbocycles. The van der Waals surface area contributed by atoms with Gasteiger partial charge in [0.05, 0.1) is 12.7 Å². The lowest BCUT2D eigenvalue weighted by Crippen LogP contribution is -2.00. The fourth-order valence-corrected chi connectivity index (χ4v) is 1.80. The van der Waals surface area contributed by atoms with E-state index in [9.17, 15) is 9.18 Å². The predicted molar refractivity (Wildman–Crippen MR) is 60.3 cm³/mol. The zero-order valence-corrected chi connectivity index (χ0v) is 9.22. The second-order valence-electron chi connectivity index (χ2n) is 3.32.